The number of halogens is 2. The van der Waals surface area contributed by atoms with Crippen molar-refractivity contribution in [3.05, 3.63) is 63.6 Å². The zero-order chi connectivity index (χ0) is 24.8. The molecule has 2 amide bonds. The first kappa shape index (κ1) is 25.3. The van der Waals surface area contributed by atoms with Gasteiger partial charge in [0.15, 0.2) is 5.96 Å². The van der Waals surface area contributed by atoms with E-state index in [0.717, 1.165) is 6.42 Å². The lowest BCUT2D eigenvalue weighted by Gasteiger charge is -2.16. The summed E-state index contributed by atoms with van der Waals surface area (Å²) < 4.78 is 0. The molecule has 0 bridgehead atoms. The predicted molar refractivity (Wildman–Crippen MR) is 131 cm³/mol. The molecule has 0 aromatic heterocycles. The Morgan fingerprint density at radius 3 is 2.29 bits per heavy atom. The van der Waals surface area contributed by atoms with Gasteiger partial charge in [-0.05, 0) is 49.1 Å². The number of rotatable bonds is 8. The summed E-state index contributed by atoms with van der Waals surface area (Å²) in [5.41, 5.74) is 12.1. The van der Waals surface area contributed by atoms with Crippen LogP contribution in [0.1, 0.15) is 35.2 Å². The number of hydrogen-bond donors (Lipinski definition) is 5. The number of hydrogen-bond acceptors (Lipinski definition) is 4. The van der Waals surface area contributed by atoms with Crippen LogP contribution in [0.2, 0.25) is 10.0 Å². The summed E-state index contributed by atoms with van der Waals surface area (Å²) in [6.07, 6.45) is 2.05. The summed E-state index contributed by atoms with van der Waals surface area (Å²) in [5, 5.41) is 15.2. The number of anilines is 1. The molecule has 0 spiro atoms. The lowest BCUT2D eigenvalue weighted by atomic mass is 10.0. The lowest BCUT2D eigenvalue weighted by molar-refractivity contribution is -0.139. The number of nitrogens with two attached hydrogens (primary N) is 2. The highest BCUT2D eigenvalue weighted by atomic mass is 35.5. The largest absolute Gasteiger partial charge is 0.480 e. The molecule has 0 aliphatic heterocycles. The van der Waals surface area contributed by atoms with Crippen LogP contribution in [0.5, 0.6) is 0 Å². The average molecular weight is 506 g/mol. The van der Waals surface area contributed by atoms with Crippen LogP contribution in [0.4, 0.5) is 5.69 Å². The molecule has 3 atom stereocenters. The third-order valence-electron chi connectivity index (χ3n) is 5.56. The van der Waals surface area contributed by atoms with E-state index in [1.165, 1.54) is 12.1 Å². The Labute approximate surface area is 206 Å². The van der Waals surface area contributed by atoms with E-state index in [2.05, 4.69) is 15.6 Å². The number of guanidine groups is 1. The van der Waals surface area contributed by atoms with Gasteiger partial charge in [-0.1, -0.05) is 41.4 Å². The highest BCUT2D eigenvalue weighted by Crippen LogP contribution is 2.29. The second-order valence-corrected chi connectivity index (χ2v) is 8.88. The summed E-state index contributed by atoms with van der Waals surface area (Å²) in [6.45, 7) is 0. The fourth-order valence-electron chi connectivity index (χ4n) is 3.87. The number of carboxylic acid groups (broad SMARTS) is 1. The molecule has 1 aliphatic rings. The third kappa shape index (κ3) is 6.61. The van der Waals surface area contributed by atoms with Crippen molar-refractivity contribution in [2.24, 2.45) is 22.4 Å². The van der Waals surface area contributed by atoms with Gasteiger partial charge in [-0.25, -0.2) is 4.79 Å². The first-order valence-electron chi connectivity index (χ1n) is 10.6. The molecule has 1 fully saturated rings. The zero-order valence-electron chi connectivity index (χ0n) is 18.1. The Kier molecular flexibility index (Phi) is 8.36. The minimum absolute atomic E-state index is 0.0177. The number of nitrogens with one attached hydrogen (secondary N) is 2. The van der Waals surface area contributed by atoms with Gasteiger partial charge in [0.1, 0.15) is 6.04 Å². The van der Waals surface area contributed by atoms with Gasteiger partial charge in [0.2, 0.25) is 5.91 Å². The number of aliphatic imine (C=N–C) groups is 1. The van der Waals surface area contributed by atoms with Gasteiger partial charge >= 0.3 is 5.97 Å². The van der Waals surface area contributed by atoms with E-state index in [4.69, 9.17) is 34.7 Å². The molecular weight excluding hydrogens is 481 g/mol. The first-order valence-corrected chi connectivity index (χ1v) is 11.4. The van der Waals surface area contributed by atoms with Gasteiger partial charge in [-0.15, -0.1) is 0 Å². The van der Waals surface area contributed by atoms with Gasteiger partial charge in [0.25, 0.3) is 5.91 Å². The molecule has 0 heterocycles. The van der Waals surface area contributed by atoms with E-state index < -0.39 is 17.9 Å². The number of amides is 2. The summed E-state index contributed by atoms with van der Waals surface area (Å²) in [6, 6.07) is 10.1. The van der Waals surface area contributed by atoms with Gasteiger partial charge in [-0.2, -0.15) is 0 Å². The Morgan fingerprint density at radius 2 is 1.71 bits per heavy atom. The molecular formula is C23H25Cl2N5O4. The monoisotopic (exact) mass is 505 g/mol. The number of carbonyl (C=O) groups excluding carboxylic acids is 2. The summed E-state index contributed by atoms with van der Waals surface area (Å²) in [5.74, 6) is -2.16. The molecule has 3 rings (SSSR count). The molecule has 1 saturated carbocycles. The molecule has 7 N–H and O–H groups in total. The predicted octanol–water partition coefficient (Wildman–Crippen LogP) is 2.80. The Balaban J connectivity index is 1.60. The van der Waals surface area contributed by atoms with Crippen molar-refractivity contribution in [3.63, 3.8) is 0 Å². The maximum Gasteiger partial charge on any atom is 0.326 e. The third-order valence-corrected chi connectivity index (χ3v) is 6.19. The molecule has 2 aromatic rings. The Morgan fingerprint density at radius 1 is 1.06 bits per heavy atom. The molecule has 0 radical (unpaired) electrons. The molecule has 34 heavy (non-hydrogen) atoms. The smallest absolute Gasteiger partial charge is 0.326 e. The van der Waals surface area contributed by atoms with Crippen LogP contribution in [-0.2, 0) is 16.0 Å². The summed E-state index contributed by atoms with van der Waals surface area (Å²) in [7, 11) is 0. The topological polar surface area (TPSA) is 160 Å². The van der Waals surface area contributed by atoms with Crippen molar-refractivity contribution in [1.82, 2.24) is 5.32 Å². The maximum absolute atomic E-state index is 12.6. The minimum atomic E-state index is -1.20. The van der Waals surface area contributed by atoms with Crippen LogP contribution in [0.3, 0.4) is 0 Å². The molecule has 180 valence electrons. The zero-order valence-corrected chi connectivity index (χ0v) is 19.6. The van der Waals surface area contributed by atoms with Crippen molar-refractivity contribution in [2.45, 2.75) is 37.8 Å². The molecule has 11 heteroatoms. The summed E-state index contributed by atoms with van der Waals surface area (Å²) >= 11 is 12.1. The Hall–Kier alpha value is -3.30. The van der Waals surface area contributed by atoms with Gasteiger partial charge in [-0.3, -0.25) is 14.6 Å². The van der Waals surface area contributed by atoms with Crippen molar-refractivity contribution in [2.75, 3.05) is 5.32 Å². The Bertz CT molecular complexity index is 1080. The average Bonchev–Trinajstić information content (AvgIpc) is 3.22. The fourth-order valence-corrected chi connectivity index (χ4v) is 4.44. The number of benzene rings is 2. The highest BCUT2D eigenvalue weighted by Gasteiger charge is 2.30. The number of nitrogens with zero attached hydrogens (tertiary/aromatic N) is 1. The van der Waals surface area contributed by atoms with E-state index in [1.54, 1.807) is 30.3 Å². The number of carbonyl (C=O) groups is 3. The van der Waals surface area contributed by atoms with Crippen molar-refractivity contribution in [3.8, 4) is 0 Å². The van der Waals surface area contributed by atoms with E-state index >= 15 is 0 Å². The van der Waals surface area contributed by atoms with E-state index in [9.17, 15) is 19.5 Å². The van der Waals surface area contributed by atoms with Crippen molar-refractivity contribution < 1.29 is 19.5 Å². The SMILES string of the molecule is NC(N)=N[C@H]1CC[C@H](C(=O)Nc2ccc(C[C@H](NC(=O)c3c(Cl)cccc3Cl)C(=O)O)cc2)C1. The molecule has 0 unspecified atom stereocenters. The number of carboxylic acids is 1. The van der Waals surface area contributed by atoms with Crippen molar-refractivity contribution in [1.29, 1.82) is 0 Å². The standard InChI is InChI=1S/C23H25Cl2N5O4/c24-16-2-1-3-17(25)19(16)21(32)30-18(22(33)34)10-12-4-7-14(8-5-12)28-20(31)13-6-9-15(11-13)29-23(26)27/h1-5,7-8,13,15,18H,6,9-11H2,(H,28,31)(H,30,32)(H,33,34)(H4,26,27,29)/t13-,15-,18-/m0/s1. The fraction of sp³-hybridized carbons (Fsp3) is 0.304. The van der Waals surface area contributed by atoms with E-state index in [1.807, 2.05) is 0 Å². The minimum Gasteiger partial charge on any atom is -0.480 e. The maximum atomic E-state index is 12.6. The lowest BCUT2D eigenvalue weighted by Crippen LogP contribution is -2.42. The molecule has 0 saturated heterocycles. The molecule has 1 aliphatic carbocycles. The quantitative estimate of drug-likeness (QED) is 0.273. The second kappa shape index (κ2) is 11.2. The van der Waals surface area contributed by atoms with Crippen LogP contribution >= 0.6 is 23.2 Å². The van der Waals surface area contributed by atoms with Crippen LogP contribution < -0.4 is 22.1 Å². The van der Waals surface area contributed by atoms with E-state index in [-0.39, 0.29) is 45.9 Å². The van der Waals surface area contributed by atoms with Crippen LogP contribution in [0, 0.1) is 5.92 Å². The normalized spacial score (nSPS) is 18.1. The van der Waals surface area contributed by atoms with Crippen LogP contribution in [0.25, 0.3) is 0 Å². The highest BCUT2D eigenvalue weighted by molar-refractivity contribution is 6.39. The van der Waals surface area contributed by atoms with E-state index in [0.29, 0.717) is 24.1 Å². The number of aliphatic carboxylic acids is 1. The first-order chi connectivity index (χ1) is 16.1. The van der Waals surface area contributed by atoms with Gasteiger partial charge in [0.05, 0.1) is 21.7 Å². The van der Waals surface area contributed by atoms with Crippen molar-refractivity contribution >= 4 is 52.6 Å². The van der Waals surface area contributed by atoms with Crippen LogP contribution in [-0.4, -0.2) is 40.9 Å². The summed E-state index contributed by atoms with van der Waals surface area (Å²) in [4.78, 5) is 41.0. The van der Waals surface area contributed by atoms with Gasteiger partial charge < -0.3 is 27.2 Å². The molecule has 9 nitrogen and oxygen atoms in total. The van der Waals surface area contributed by atoms with Crippen LogP contribution in [0.15, 0.2) is 47.5 Å². The molecule has 2 aromatic carbocycles. The second-order valence-electron chi connectivity index (χ2n) is 8.07. The van der Waals surface area contributed by atoms with Gasteiger partial charge in [0, 0.05) is 18.0 Å².